The second-order valence-electron chi connectivity index (χ2n) is 10.6. The first-order valence-corrected chi connectivity index (χ1v) is 12.8. The van der Waals surface area contributed by atoms with Crippen molar-refractivity contribution in [2.45, 2.75) is 94.1 Å². The van der Waals surface area contributed by atoms with Gasteiger partial charge in [0.1, 0.15) is 5.60 Å². The Bertz CT molecular complexity index is 951. The predicted molar refractivity (Wildman–Crippen MR) is 130 cm³/mol. The average molecular weight is 474 g/mol. The highest BCUT2D eigenvalue weighted by atomic mass is 32.2. The summed E-state index contributed by atoms with van der Waals surface area (Å²) in [6.07, 6.45) is 4.21. The van der Waals surface area contributed by atoms with Crippen LogP contribution in [0.2, 0.25) is 0 Å². The first-order valence-electron chi connectivity index (χ1n) is 11.9. The maximum atomic E-state index is 13.6. The summed E-state index contributed by atoms with van der Waals surface area (Å²) in [6, 6.07) is 5.51. The number of carbonyl (C=O) groups excluding carboxylic acids is 3. The van der Waals surface area contributed by atoms with Crippen molar-refractivity contribution in [1.82, 2.24) is 9.80 Å². The molecule has 1 aliphatic carbocycles. The van der Waals surface area contributed by atoms with Crippen molar-refractivity contribution in [2.24, 2.45) is 0 Å². The van der Waals surface area contributed by atoms with Crippen LogP contribution in [0, 0.1) is 0 Å². The van der Waals surface area contributed by atoms with Gasteiger partial charge in [0.05, 0.1) is 16.5 Å². The van der Waals surface area contributed by atoms with Crippen LogP contribution in [0.15, 0.2) is 23.1 Å². The van der Waals surface area contributed by atoms with E-state index in [0.717, 1.165) is 42.7 Å². The molecule has 1 N–H and O–H groups in total. The Morgan fingerprint density at radius 2 is 1.97 bits per heavy atom. The molecule has 2 heterocycles. The number of anilines is 1. The third-order valence-corrected chi connectivity index (χ3v) is 8.15. The van der Waals surface area contributed by atoms with E-state index < -0.39 is 5.60 Å². The van der Waals surface area contributed by atoms with Gasteiger partial charge in [0, 0.05) is 29.6 Å². The van der Waals surface area contributed by atoms with Crippen LogP contribution in [-0.2, 0) is 9.53 Å². The summed E-state index contributed by atoms with van der Waals surface area (Å²) < 4.78 is 5.23. The zero-order chi connectivity index (χ0) is 24.0. The van der Waals surface area contributed by atoms with Crippen molar-refractivity contribution in [3.8, 4) is 0 Å². The van der Waals surface area contributed by atoms with Gasteiger partial charge >= 0.3 is 6.09 Å². The number of amides is 3. The number of piperidine rings is 1. The van der Waals surface area contributed by atoms with Crippen LogP contribution in [0.5, 0.6) is 0 Å². The zero-order valence-electron chi connectivity index (χ0n) is 20.3. The molecule has 33 heavy (non-hydrogen) atoms. The van der Waals surface area contributed by atoms with E-state index in [1.165, 1.54) is 0 Å². The van der Waals surface area contributed by atoms with Crippen LogP contribution >= 0.6 is 11.8 Å². The summed E-state index contributed by atoms with van der Waals surface area (Å²) in [7, 11) is 0. The number of likely N-dealkylation sites (tertiary alicyclic amines) is 1. The Balaban J connectivity index is 1.51. The van der Waals surface area contributed by atoms with Crippen LogP contribution in [0.1, 0.15) is 77.1 Å². The molecule has 0 aromatic heterocycles. The number of hydrogen-bond acceptors (Lipinski definition) is 5. The number of fused-ring (bicyclic) bond motifs is 1. The van der Waals surface area contributed by atoms with E-state index in [0.29, 0.717) is 18.7 Å². The highest BCUT2D eigenvalue weighted by Crippen LogP contribution is 2.53. The summed E-state index contributed by atoms with van der Waals surface area (Å²) in [5.74, 6) is -0.0242. The van der Waals surface area contributed by atoms with Gasteiger partial charge in [0.25, 0.3) is 5.91 Å². The van der Waals surface area contributed by atoms with E-state index in [2.05, 4.69) is 5.32 Å². The molecule has 1 saturated carbocycles. The molecule has 0 bridgehead atoms. The van der Waals surface area contributed by atoms with Gasteiger partial charge in [-0.1, -0.05) is 0 Å². The lowest BCUT2D eigenvalue weighted by molar-refractivity contribution is -0.120. The summed E-state index contributed by atoms with van der Waals surface area (Å²) in [6.45, 7) is 10.7. The number of carbonyl (C=O) groups is 3. The van der Waals surface area contributed by atoms with E-state index >= 15 is 0 Å². The fraction of sp³-hybridized carbons (Fsp3) is 0.640. The zero-order valence-corrected chi connectivity index (χ0v) is 21.1. The molecular weight excluding hydrogens is 438 g/mol. The highest BCUT2D eigenvalue weighted by molar-refractivity contribution is 8.01. The molecule has 1 saturated heterocycles. The van der Waals surface area contributed by atoms with Gasteiger partial charge in [-0.3, -0.25) is 9.59 Å². The lowest BCUT2D eigenvalue weighted by Gasteiger charge is -2.43. The number of nitrogens with zero attached hydrogens (tertiary/aromatic N) is 2. The van der Waals surface area contributed by atoms with Crippen LogP contribution < -0.4 is 5.32 Å². The van der Waals surface area contributed by atoms with Gasteiger partial charge < -0.3 is 19.9 Å². The van der Waals surface area contributed by atoms with Gasteiger partial charge in [-0.15, -0.1) is 11.8 Å². The Hall–Kier alpha value is -2.22. The number of thioether (sulfide) groups is 1. The third kappa shape index (κ3) is 4.86. The fourth-order valence-electron chi connectivity index (χ4n) is 4.81. The standard InChI is InChI=1S/C25H35N3O4S/c1-16(2)28(18-8-6-13-27(15-18)23(31)32-24(3,4)5)21(29)17-9-10-20-19(14-17)26-22(30)25(33-20)11-7-12-25/h9-10,14,16,18H,6-8,11-13,15H2,1-5H3,(H,26,30)/t18-/m1/s1. The van der Waals surface area contributed by atoms with Crippen molar-refractivity contribution in [3.05, 3.63) is 23.8 Å². The lowest BCUT2D eigenvalue weighted by Crippen LogP contribution is -2.54. The van der Waals surface area contributed by atoms with Crippen molar-refractivity contribution >= 4 is 35.4 Å². The largest absolute Gasteiger partial charge is 0.444 e. The maximum Gasteiger partial charge on any atom is 0.410 e. The SMILES string of the molecule is CC(C)N(C(=O)c1ccc2c(c1)NC(=O)C1(CCC1)S2)[C@@H]1CCCN(C(=O)OC(C)(C)C)C1. The highest BCUT2D eigenvalue weighted by Gasteiger charge is 2.48. The minimum absolute atomic E-state index is 0.0284. The molecule has 0 unspecified atom stereocenters. The topological polar surface area (TPSA) is 79.0 Å². The molecule has 2 fully saturated rings. The van der Waals surface area contributed by atoms with Crippen LogP contribution in [0.3, 0.4) is 0 Å². The molecule has 3 aliphatic rings. The van der Waals surface area contributed by atoms with Gasteiger partial charge in [-0.25, -0.2) is 4.79 Å². The van der Waals surface area contributed by atoms with Gasteiger partial charge in [0.15, 0.2) is 0 Å². The van der Waals surface area contributed by atoms with Crippen molar-refractivity contribution in [2.75, 3.05) is 18.4 Å². The summed E-state index contributed by atoms with van der Waals surface area (Å²) >= 11 is 1.63. The predicted octanol–water partition coefficient (Wildman–Crippen LogP) is 4.90. The van der Waals surface area contributed by atoms with Crippen LogP contribution in [-0.4, -0.2) is 63.2 Å². The minimum Gasteiger partial charge on any atom is -0.444 e. The number of ether oxygens (including phenoxy) is 1. The maximum absolute atomic E-state index is 13.6. The molecular formula is C25H35N3O4S. The summed E-state index contributed by atoms with van der Waals surface area (Å²) in [4.78, 5) is 43.5. The number of nitrogens with one attached hydrogen (secondary N) is 1. The Morgan fingerprint density at radius 1 is 1.24 bits per heavy atom. The van der Waals surface area contributed by atoms with E-state index in [9.17, 15) is 14.4 Å². The Labute approximate surface area is 200 Å². The van der Waals surface area contributed by atoms with E-state index in [1.54, 1.807) is 22.7 Å². The third-order valence-electron chi connectivity index (χ3n) is 6.59. The lowest BCUT2D eigenvalue weighted by atomic mass is 9.83. The molecule has 3 amide bonds. The number of hydrogen-bond donors (Lipinski definition) is 1. The van der Waals surface area contributed by atoms with E-state index in [1.807, 2.05) is 51.7 Å². The molecule has 8 heteroatoms. The normalized spacial score (nSPS) is 21.8. The fourth-order valence-corrected chi connectivity index (χ4v) is 6.23. The molecule has 0 radical (unpaired) electrons. The molecule has 1 spiro atoms. The molecule has 2 aliphatic heterocycles. The van der Waals surface area contributed by atoms with Crippen molar-refractivity contribution in [3.63, 3.8) is 0 Å². The van der Waals surface area contributed by atoms with Crippen molar-refractivity contribution < 1.29 is 19.1 Å². The van der Waals surface area contributed by atoms with Crippen molar-refractivity contribution in [1.29, 1.82) is 0 Å². The van der Waals surface area contributed by atoms with Crippen LogP contribution in [0.25, 0.3) is 0 Å². The molecule has 4 rings (SSSR count). The Morgan fingerprint density at radius 3 is 2.58 bits per heavy atom. The number of benzene rings is 1. The average Bonchev–Trinajstić information content (AvgIpc) is 2.70. The Kier molecular flexibility index (Phi) is 6.42. The monoisotopic (exact) mass is 473 g/mol. The smallest absolute Gasteiger partial charge is 0.410 e. The first kappa shape index (κ1) is 23.9. The summed E-state index contributed by atoms with van der Waals surface area (Å²) in [5.41, 5.74) is 0.722. The van der Waals surface area contributed by atoms with E-state index in [-0.39, 0.29) is 34.7 Å². The number of rotatable bonds is 3. The van der Waals surface area contributed by atoms with Gasteiger partial charge in [-0.05, 0) is 84.9 Å². The molecule has 1 aromatic rings. The molecule has 7 nitrogen and oxygen atoms in total. The first-order chi connectivity index (χ1) is 15.5. The van der Waals surface area contributed by atoms with Gasteiger partial charge in [0.2, 0.25) is 5.91 Å². The second kappa shape index (κ2) is 8.85. The summed E-state index contributed by atoms with van der Waals surface area (Å²) in [5, 5.41) is 3.04. The molecule has 1 aromatic carbocycles. The molecule has 180 valence electrons. The second-order valence-corrected chi connectivity index (χ2v) is 12.1. The van der Waals surface area contributed by atoms with Gasteiger partial charge in [-0.2, -0.15) is 0 Å². The minimum atomic E-state index is -0.554. The van der Waals surface area contributed by atoms with Crippen LogP contribution in [0.4, 0.5) is 10.5 Å². The molecule has 1 atom stereocenters. The quantitative estimate of drug-likeness (QED) is 0.675. The van der Waals surface area contributed by atoms with E-state index in [4.69, 9.17) is 4.74 Å².